The largest absolute Gasteiger partial charge is 0.367 e. The first-order valence-electron chi connectivity index (χ1n) is 11.5. The van der Waals surface area contributed by atoms with Crippen molar-refractivity contribution in [3.8, 4) is 0 Å². The maximum atomic E-state index is 12.9. The molecule has 4 aromatic rings. The lowest BCUT2D eigenvalue weighted by molar-refractivity contribution is 0.0950. The molecule has 2 heterocycles. The Balaban J connectivity index is 1.31. The zero-order chi connectivity index (χ0) is 23.3. The van der Waals surface area contributed by atoms with Gasteiger partial charge in [0.05, 0.1) is 10.7 Å². The third-order valence-corrected chi connectivity index (χ3v) is 6.52. The Hall–Kier alpha value is -3.64. The second kappa shape index (κ2) is 10.1. The Morgan fingerprint density at radius 1 is 0.794 bits per heavy atom. The summed E-state index contributed by atoms with van der Waals surface area (Å²) in [6.07, 6.45) is 0.770. The molecule has 3 aromatic carbocycles. The van der Waals surface area contributed by atoms with Crippen molar-refractivity contribution in [2.24, 2.45) is 0 Å². The molecule has 5 rings (SSSR count). The van der Waals surface area contributed by atoms with E-state index in [2.05, 4.69) is 43.5 Å². The van der Waals surface area contributed by atoms with Crippen molar-refractivity contribution in [1.82, 2.24) is 15.5 Å². The molecule has 7 heteroatoms. The van der Waals surface area contributed by atoms with Crippen molar-refractivity contribution < 1.29 is 4.79 Å². The van der Waals surface area contributed by atoms with E-state index < -0.39 is 0 Å². The summed E-state index contributed by atoms with van der Waals surface area (Å²) in [4.78, 5) is 17.5. The first kappa shape index (κ1) is 22.2. The Morgan fingerprint density at radius 3 is 2.21 bits per heavy atom. The molecular weight excluding hydrogens is 446 g/mol. The van der Waals surface area contributed by atoms with Crippen LogP contribution in [0.25, 0.3) is 10.8 Å². The van der Waals surface area contributed by atoms with Gasteiger partial charge in [-0.25, -0.2) is 0 Å². The number of amides is 1. The molecule has 1 amide bonds. The molecule has 0 atom stereocenters. The van der Waals surface area contributed by atoms with E-state index in [0.717, 1.165) is 59.9 Å². The highest BCUT2D eigenvalue weighted by Crippen LogP contribution is 2.29. The minimum absolute atomic E-state index is 0.199. The highest BCUT2D eigenvalue weighted by molar-refractivity contribution is 6.33. The molecule has 0 spiro atoms. The monoisotopic (exact) mass is 471 g/mol. The highest BCUT2D eigenvalue weighted by Gasteiger charge is 2.23. The SMILES string of the molecule is O=C(NCCc1ccccc1)c1nnc(N2CCN(c3ccccc3Cl)CC2)c2ccccc12. The van der Waals surface area contributed by atoms with Gasteiger partial charge in [-0.2, -0.15) is 0 Å². The number of nitrogens with zero attached hydrogens (tertiary/aromatic N) is 4. The van der Waals surface area contributed by atoms with Crippen LogP contribution in [0.4, 0.5) is 11.5 Å². The van der Waals surface area contributed by atoms with E-state index in [-0.39, 0.29) is 5.91 Å². The molecule has 0 saturated carbocycles. The Kier molecular flexibility index (Phi) is 6.58. The zero-order valence-corrected chi connectivity index (χ0v) is 19.6. The lowest BCUT2D eigenvalue weighted by atomic mass is 10.1. The van der Waals surface area contributed by atoms with Crippen LogP contribution < -0.4 is 15.1 Å². The third-order valence-electron chi connectivity index (χ3n) is 6.20. The van der Waals surface area contributed by atoms with Crippen LogP contribution in [0.1, 0.15) is 16.1 Å². The first-order chi connectivity index (χ1) is 16.7. The van der Waals surface area contributed by atoms with Crippen LogP contribution in [0.3, 0.4) is 0 Å². The van der Waals surface area contributed by atoms with Gasteiger partial charge >= 0.3 is 0 Å². The van der Waals surface area contributed by atoms with E-state index in [4.69, 9.17) is 11.6 Å². The van der Waals surface area contributed by atoms with E-state index in [1.165, 1.54) is 5.56 Å². The van der Waals surface area contributed by atoms with E-state index >= 15 is 0 Å². The number of carbonyl (C=O) groups excluding carboxylic acids is 1. The fraction of sp³-hybridized carbons (Fsp3) is 0.222. The number of hydrogen-bond donors (Lipinski definition) is 1. The Bertz CT molecular complexity index is 1290. The first-order valence-corrected chi connectivity index (χ1v) is 11.9. The number of benzene rings is 3. The molecule has 172 valence electrons. The molecule has 0 radical (unpaired) electrons. The van der Waals surface area contributed by atoms with E-state index in [9.17, 15) is 4.79 Å². The second-order valence-corrected chi connectivity index (χ2v) is 8.74. The molecule has 1 aromatic heterocycles. The predicted octanol–water partition coefficient (Wildman–Crippen LogP) is 4.58. The molecule has 1 saturated heterocycles. The standard InChI is InChI=1S/C27H26ClN5O/c28-23-12-6-7-13-24(23)32-16-18-33(19-17-32)26-22-11-5-4-10-21(22)25(30-31-26)27(34)29-15-14-20-8-2-1-3-9-20/h1-13H,14-19H2,(H,29,34). The van der Waals surface area contributed by atoms with Crippen molar-refractivity contribution >= 4 is 39.8 Å². The minimum Gasteiger partial charge on any atom is -0.367 e. The number of halogens is 1. The molecule has 6 nitrogen and oxygen atoms in total. The summed E-state index contributed by atoms with van der Waals surface area (Å²) in [5.41, 5.74) is 2.61. The topological polar surface area (TPSA) is 61.4 Å². The molecule has 1 aliphatic rings. The molecule has 0 aliphatic carbocycles. The normalized spacial score (nSPS) is 13.8. The number of piperazine rings is 1. The molecule has 1 fully saturated rings. The number of para-hydroxylation sites is 1. The van der Waals surface area contributed by atoms with Gasteiger partial charge in [0.25, 0.3) is 5.91 Å². The number of fused-ring (bicyclic) bond motifs is 1. The molecule has 1 aliphatic heterocycles. The van der Waals surface area contributed by atoms with Crippen LogP contribution in [0.2, 0.25) is 5.02 Å². The summed E-state index contributed by atoms with van der Waals surface area (Å²) in [7, 11) is 0. The smallest absolute Gasteiger partial charge is 0.272 e. The maximum Gasteiger partial charge on any atom is 0.272 e. The maximum absolute atomic E-state index is 12.9. The summed E-state index contributed by atoms with van der Waals surface area (Å²) in [6.45, 7) is 3.81. The van der Waals surface area contributed by atoms with Gasteiger partial charge in [-0.3, -0.25) is 4.79 Å². The summed E-state index contributed by atoms with van der Waals surface area (Å²) in [5, 5.41) is 14.4. The lowest BCUT2D eigenvalue weighted by Gasteiger charge is -2.37. The number of carbonyl (C=O) groups is 1. The quantitative estimate of drug-likeness (QED) is 0.446. The number of aromatic nitrogens is 2. The highest BCUT2D eigenvalue weighted by atomic mass is 35.5. The van der Waals surface area contributed by atoms with E-state index in [1.807, 2.05) is 60.7 Å². The van der Waals surface area contributed by atoms with E-state index in [0.29, 0.717) is 12.2 Å². The van der Waals surface area contributed by atoms with Gasteiger partial charge in [0, 0.05) is 43.5 Å². The predicted molar refractivity (Wildman–Crippen MR) is 138 cm³/mol. The fourth-order valence-corrected chi connectivity index (χ4v) is 4.66. The average molecular weight is 472 g/mol. The van der Waals surface area contributed by atoms with Crippen LogP contribution in [0, 0.1) is 0 Å². The van der Waals surface area contributed by atoms with Gasteiger partial charge in [0.15, 0.2) is 11.5 Å². The van der Waals surface area contributed by atoms with Crippen molar-refractivity contribution in [3.63, 3.8) is 0 Å². The number of hydrogen-bond acceptors (Lipinski definition) is 5. The van der Waals surface area contributed by atoms with Gasteiger partial charge in [0.1, 0.15) is 0 Å². The molecule has 34 heavy (non-hydrogen) atoms. The van der Waals surface area contributed by atoms with Crippen LogP contribution in [-0.4, -0.2) is 48.8 Å². The van der Waals surface area contributed by atoms with Crippen LogP contribution in [-0.2, 0) is 6.42 Å². The van der Waals surface area contributed by atoms with Crippen LogP contribution in [0.15, 0.2) is 78.9 Å². The number of anilines is 2. The molecule has 0 bridgehead atoms. The van der Waals surface area contributed by atoms with Gasteiger partial charge in [-0.1, -0.05) is 78.3 Å². The van der Waals surface area contributed by atoms with Crippen LogP contribution in [0.5, 0.6) is 0 Å². The summed E-state index contributed by atoms with van der Waals surface area (Å²) >= 11 is 6.39. The van der Waals surface area contributed by atoms with Gasteiger partial charge in [-0.05, 0) is 24.1 Å². The van der Waals surface area contributed by atoms with Gasteiger partial charge in [-0.15, -0.1) is 10.2 Å². The van der Waals surface area contributed by atoms with Crippen molar-refractivity contribution in [2.75, 3.05) is 42.5 Å². The van der Waals surface area contributed by atoms with Crippen LogP contribution >= 0.6 is 11.6 Å². The van der Waals surface area contributed by atoms with Crippen molar-refractivity contribution in [1.29, 1.82) is 0 Å². The molecular formula is C27H26ClN5O. The number of rotatable bonds is 6. The van der Waals surface area contributed by atoms with Crippen molar-refractivity contribution in [3.05, 3.63) is 95.1 Å². The summed E-state index contributed by atoms with van der Waals surface area (Å²) in [5.74, 6) is 0.616. The van der Waals surface area contributed by atoms with Gasteiger partial charge < -0.3 is 15.1 Å². The minimum atomic E-state index is -0.199. The van der Waals surface area contributed by atoms with E-state index in [1.54, 1.807) is 0 Å². The molecule has 0 unspecified atom stereocenters. The lowest BCUT2D eigenvalue weighted by Crippen LogP contribution is -2.47. The summed E-state index contributed by atoms with van der Waals surface area (Å²) in [6, 6.07) is 25.9. The number of nitrogens with one attached hydrogen (secondary N) is 1. The zero-order valence-electron chi connectivity index (χ0n) is 18.8. The Morgan fingerprint density at radius 2 is 1.44 bits per heavy atom. The Labute approximate surface area is 204 Å². The molecule has 1 N–H and O–H groups in total. The fourth-order valence-electron chi connectivity index (χ4n) is 4.41. The second-order valence-electron chi connectivity index (χ2n) is 8.33. The average Bonchev–Trinajstić information content (AvgIpc) is 2.89. The van der Waals surface area contributed by atoms with Gasteiger partial charge in [0.2, 0.25) is 0 Å². The van der Waals surface area contributed by atoms with Crippen molar-refractivity contribution in [2.45, 2.75) is 6.42 Å². The third kappa shape index (κ3) is 4.68. The summed E-state index contributed by atoms with van der Waals surface area (Å²) < 4.78 is 0.